The molecular formula is C17H16N2O4. The fraction of sp³-hybridized carbons (Fsp3) is 0.294. The van der Waals surface area contributed by atoms with Gasteiger partial charge in [-0.2, -0.15) is 0 Å². The molecule has 2 aliphatic rings. The highest BCUT2D eigenvalue weighted by molar-refractivity contribution is 5.95. The van der Waals surface area contributed by atoms with E-state index in [4.69, 9.17) is 14.2 Å². The summed E-state index contributed by atoms with van der Waals surface area (Å²) in [5, 5.41) is 0. The molecule has 23 heavy (non-hydrogen) atoms. The Labute approximate surface area is 133 Å². The topological polar surface area (TPSA) is 60.9 Å². The lowest BCUT2D eigenvalue weighted by molar-refractivity contribution is -0.0228. The zero-order chi connectivity index (χ0) is 15.6. The lowest BCUT2D eigenvalue weighted by atomic mass is 10.1. The number of rotatable bonds is 2. The Hall–Kier alpha value is -2.60. The van der Waals surface area contributed by atoms with Crippen LogP contribution in [-0.4, -0.2) is 42.3 Å². The molecule has 3 heterocycles. The van der Waals surface area contributed by atoms with E-state index in [0.29, 0.717) is 36.8 Å². The minimum absolute atomic E-state index is 0.0225. The Kier molecular flexibility index (Phi) is 3.59. The van der Waals surface area contributed by atoms with Crippen molar-refractivity contribution in [2.24, 2.45) is 0 Å². The summed E-state index contributed by atoms with van der Waals surface area (Å²) in [6.45, 7) is 1.82. The number of amides is 1. The molecule has 2 aromatic rings. The van der Waals surface area contributed by atoms with E-state index < -0.39 is 0 Å². The van der Waals surface area contributed by atoms with Gasteiger partial charge in [0, 0.05) is 24.5 Å². The number of fused-ring (bicyclic) bond motifs is 1. The van der Waals surface area contributed by atoms with Gasteiger partial charge in [0.2, 0.25) is 6.79 Å². The quantitative estimate of drug-likeness (QED) is 0.849. The summed E-state index contributed by atoms with van der Waals surface area (Å²) in [7, 11) is 0. The van der Waals surface area contributed by atoms with Crippen LogP contribution in [0.25, 0.3) is 0 Å². The van der Waals surface area contributed by atoms with E-state index in [9.17, 15) is 4.79 Å². The van der Waals surface area contributed by atoms with Crippen molar-refractivity contribution in [2.75, 3.05) is 26.5 Å². The number of ether oxygens (including phenoxy) is 3. The molecule has 1 aromatic carbocycles. The average molecular weight is 312 g/mol. The SMILES string of the molecule is O=C(c1ccc2c(c1)OCO2)N1CCO[C@H](c2ccncc2)C1. The predicted molar refractivity (Wildman–Crippen MR) is 81.4 cm³/mol. The maximum Gasteiger partial charge on any atom is 0.254 e. The largest absolute Gasteiger partial charge is 0.454 e. The highest BCUT2D eigenvalue weighted by atomic mass is 16.7. The third-order valence-corrected chi connectivity index (χ3v) is 4.05. The first-order valence-corrected chi connectivity index (χ1v) is 7.52. The van der Waals surface area contributed by atoms with Crippen molar-refractivity contribution in [2.45, 2.75) is 6.10 Å². The van der Waals surface area contributed by atoms with Gasteiger partial charge in [-0.3, -0.25) is 9.78 Å². The molecule has 1 fully saturated rings. The lowest BCUT2D eigenvalue weighted by Crippen LogP contribution is -2.42. The summed E-state index contributed by atoms with van der Waals surface area (Å²) in [6, 6.07) is 9.11. The van der Waals surface area contributed by atoms with E-state index in [0.717, 1.165) is 5.56 Å². The number of morpholine rings is 1. The van der Waals surface area contributed by atoms with Crippen molar-refractivity contribution in [3.8, 4) is 11.5 Å². The first-order valence-electron chi connectivity index (χ1n) is 7.52. The van der Waals surface area contributed by atoms with Crippen LogP contribution in [0.2, 0.25) is 0 Å². The van der Waals surface area contributed by atoms with Gasteiger partial charge in [-0.1, -0.05) is 0 Å². The minimum atomic E-state index is -0.121. The Morgan fingerprint density at radius 3 is 2.83 bits per heavy atom. The summed E-state index contributed by atoms with van der Waals surface area (Å²) >= 11 is 0. The molecule has 118 valence electrons. The van der Waals surface area contributed by atoms with Gasteiger partial charge in [-0.05, 0) is 35.9 Å². The Bertz CT molecular complexity index is 720. The molecule has 1 amide bonds. The van der Waals surface area contributed by atoms with Gasteiger partial charge < -0.3 is 19.1 Å². The molecule has 0 unspecified atom stereocenters. The second-order valence-electron chi connectivity index (χ2n) is 5.46. The maximum absolute atomic E-state index is 12.7. The van der Waals surface area contributed by atoms with Gasteiger partial charge >= 0.3 is 0 Å². The first kappa shape index (κ1) is 14.0. The normalized spacial score (nSPS) is 19.7. The van der Waals surface area contributed by atoms with Crippen LogP contribution in [0.1, 0.15) is 22.0 Å². The Morgan fingerprint density at radius 2 is 1.96 bits per heavy atom. The van der Waals surface area contributed by atoms with Crippen LogP contribution in [0.5, 0.6) is 11.5 Å². The molecule has 0 bridgehead atoms. The fourth-order valence-electron chi connectivity index (χ4n) is 2.83. The zero-order valence-corrected chi connectivity index (χ0v) is 12.5. The number of carbonyl (C=O) groups excluding carboxylic acids is 1. The average Bonchev–Trinajstić information content (AvgIpc) is 3.09. The lowest BCUT2D eigenvalue weighted by Gasteiger charge is -2.33. The summed E-state index contributed by atoms with van der Waals surface area (Å²) in [5.74, 6) is 1.28. The van der Waals surface area contributed by atoms with Crippen LogP contribution >= 0.6 is 0 Å². The highest BCUT2D eigenvalue weighted by Gasteiger charge is 2.27. The predicted octanol–water partition coefficient (Wildman–Crippen LogP) is 2.02. The maximum atomic E-state index is 12.7. The molecule has 0 spiro atoms. The van der Waals surface area contributed by atoms with Gasteiger partial charge in [0.15, 0.2) is 11.5 Å². The van der Waals surface area contributed by atoms with Crippen molar-refractivity contribution in [1.29, 1.82) is 0 Å². The summed E-state index contributed by atoms with van der Waals surface area (Å²) in [4.78, 5) is 18.6. The van der Waals surface area contributed by atoms with E-state index in [2.05, 4.69) is 4.98 Å². The minimum Gasteiger partial charge on any atom is -0.454 e. The number of hydrogen-bond donors (Lipinski definition) is 0. The number of carbonyl (C=O) groups is 1. The molecule has 0 aliphatic carbocycles. The summed E-state index contributed by atoms with van der Waals surface area (Å²) in [6.07, 6.45) is 3.35. The van der Waals surface area contributed by atoms with Gasteiger partial charge in [-0.15, -0.1) is 0 Å². The number of hydrogen-bond acceptors (Lipinski definition) is 5. The second-order valence-corrected chi connectivity index (χ2v) is 5.46. The highest BCUT2D eigenvalue weighted by Crippen LogP contribution is 2.33. The van der Waals surface area contributed by atoms with E-state index in [-0.39, 0.29) is 18.8 Å². The summed E-state index contributed by atoms with van der Waals surface area (Å²) < 4.78 is 16.4. The van der Waals surface area contributed by atoms with E-state index in [1.807, 2.05) is 17.0 Å². The van der Waals surface area contributed by atoms with Crippen LogP contribution in [0.4, 0.5) is 0 Å². The molecule has 0 radical (unpaired) electrons. The summed E-state index contributed by atoms with van der Waals surface area (Å²) in [5.41, 5.74) is 1.63. The molecule has 2 aliphatic heterocycles. The van der Waals surface area contributed by atoms with Gasteiger partial charge in [0.25, 0.3) is 5.91 Å². The fourth-order valence-corrected chi connectivity index (χ4v) is 2.83. The van der Waals surface area contributed by atoms with E-state index >= 15 is 0 Å². The Balaban J connectivity index is 1.52. The smallest absolute Gasteiger partial charge is 0.254 e. The number of pyridine rings is 1. The van der Waals surface area contributed by atoms with Crippen molar-refractivity contribution in [3.05, 3.63) is 53.9 Å². The molecular weight excluding hydrogens is 296 g/mol. The second kappa shape index (κ2) is 5.89. The Morgan fingerprint density at radius 1 is 1.13 bits per heavy atom. The molecule has 4 rings (SSSR count). The van der Waals surface area contributed by atoms with Gasteiger partial charge in [0.05, 0.1) is 13.2 Å². The van der Waals surface area contributed by atoms with Crippen molar-refractivity contribution in [1.82, 2.24) is 9.88 Å². The van der Waals surface area contributed by atoms with Crippen LogP contribution < -0.4 is 9.47 Å². The molecule has 0 saturated carbocycles. The standard InChI is InChI=1S/C17H16N2O4/c20-17(13-1-2-14-15(9-13)23-11-22-14)19-7-8-21-16(10-19)12-3-5-18-6-4-12/h1-6,9,16H,7-8,10-11H2/t16-/m0/s1. The van der Waals surface area contributed by atoms with Crippen LogP contribution in [-0.2, 0) is 4.74 Å². The molecule has 1 aromatic heterocycles. The first-order chi connectivity index (χ1) is 11.3. The van der Waals surface area contributed by atoms with E-state index in [1.165, 1.54) is 0 Å². The number of benzene rings is 1. The van der Waals surface area contributed by atoms with Gasteiger partial charge in [0.1, 0.15) is 6.10 Å². The number of nitrogens with zero attached hydrogens (tertiary/aromatic N) is 2. The van der Waals surface area contributed by atoms with Gasteiger partial charge in [-0.25, -0.2) is 0 Å². The third kappa shape index (κ3) is 2.73. The number of aromatic nitrogens is 1. The molecule has 6 nitrogen and oxygen atoms in total. The van der Waals surface area contributed by atoms with Crippen LogP contribution in [0.15, 0.2) is 42.7 Å². The van der Waals surface area contributed by atoms with Crippen LogP contribution in [0.3, 0.4) is 0 Å². The molecule has 6 heteroatoms. The molecule has 0 N–H and O–H groups in total. The molecule has 1 atom stereocenters. The van der Waals surface area contributed by atoms with Crippen LogP contribution in [0, 0.1) is 0 Å². The monoisotopic (exact) mass is 312 g/mol. The molecule has 1 saturated heterocycles. The van der Waals surface area contributed by atoms with Crippen molar-refractivity contribution >= 4 is 5.91 Å². The third-order valence-electron chi connectivity index (χ3n) is 4.05. The van der Waals surface area contributed by atoms with Crippen molar-refractivity contribution < 1.29 is 19.0 Å². The van der Waals surface area contributed by atoms with E-state index in [1.54, 1.807) is 30.6 Å². The zero-order valence-electron chi connectivity index (χ0n) is 12.5. The van der Waals surface area contributed by atoms with Crippen molar-refractivity contribution in [3.63, 3.8) is 0 Å².